The molecular formula is C23H24N8O3. The molecule has 0 radical (unpaired) electrons. The highest BCUT2D eigenvalue weighted by atomic mass is 16.6. The highest BCUT2D eigenvalue weighted by molar-refractivity contribution is 5.80. The van der Waals surface area contributed by atoms with Crippen LogP contribution in [-0.4, -0.2) is 58.4 Å². The number of hydrogen-bond donors (Lipinski definition) is 0. The van der Waals surface area contributed by atoms with E-state index < -0.39 is 11.7 Å². The van der Waals surface area contributed by atoms with Crippen molar-refractivity contribution in [2.24, 2.45) is 7.05 Å². The monoisotopic (exact) mass is 460 g/mol. The number of carbonyl (C=O) groups excluding carboxylic acids is 1. The number of likely N-dealkylation sites (tertiary alicyclic amines) is 1. The lowest BCUT2D eigenvalue weighted by molar-refractivity contribution is 0.0289. The molecule has 1 fully saturated rings. The van der Waals surface area contributed by atoms with Gasteiger partial charge in [-0.15, -0.1) is 0 Å². The molecule has 1 saturated heterocycles. The van der Waals surface area contributed by atoms with Gasteiger partial charge in [0.15, 0.2) is 11.5 Å². The number of aryl methyl sites for hydroxylation is 1. The van der Waals surface area contributed by atoms with Crippen molar-refractivity contribution in [2.45, 2.75) is 38.8 Å². The lowest BCUT2D eigenvalue weighted by Crippen LogP contribution is -2.36. The number of pyridine rings is 1. The Hall–Kier alpha value is -4.20. The Balaban J connectivity index is 1.55. The SMILES string of the molecule is Cn1c(=O)n(C2CCN(C(=O)OC(C)(C)C)C2)c2nc(-c3cnn4ccc(C#N)cc34)ncc21. The van der Waals surface area contributed by atoms with Crippen molar-refractivity contribution in [3.05, 3.63) is 46.8 Å². The van der Waals surface area contributed by atoms with Crippen LogP contribution in [0.5, 0.6) is 0 Å². The molecule has 1 aliphatic heterocycles. The number of hydrogen-bond acceptors (Lipinski definition) is 7. The van der Waals surface area contributed by atoms with Crippen LogP contribution >= 0.6 is 0 Å². The highest BCUT2D eigenvalue weighted by Gasteiger charge is 2.33. The van der Waals surface area contributed by atoms with Crippen molar-refractivity contribution in [3.63, 3.8) is 0 Å². The van der Waals surface area contributed by atoms with Crippen LogP contribution in [-0.2, 0) is 11.8 Å². The normalized spacial score (nSPS) is 16.3. The second-order valence-electron chi connectivity index (χ2n) is 9.40. The standard InChI is InChI=1S/C23H24N8O3/c1-23(2,3)34-22(33)29-7-6-15(13-29)31-20-18(28(4)21(31)32)12-25-19(27-20)16-11-26-30-8-5-14(10-24)9-17(16)30/h5,8-9,11-12,15H,6-7,13H2,1-4H3. The summed E-state index contributed by atoms with van der Waals surface area (Å²) >= 11 is 0. The van der Waals surface area contributed by atoms with Crippen LogP contribution in [0.25, 0.3) is 28.1 Å². The van der Waals surface area contributed by atoms with Crippen LogP contribution in [0.15, 0.2) is 35.5 Å². The van der Waals surface area contributed by atoms with Crippen LogP contribution in [0.1, 0.15) is 38.8 Å². The molecule has 4 aromatic rings. The van der Waals surface area contributed by atoms with Gasteiger partial charge in [-0.05, 0) is 39.3 Å². The Kier molecular flexibility index (Phi) is 4.89. The maximum absolute atomic E-state index is 13.1. The molecule has 1 atom stereocenters. The van der Waals surface area contributed by atoms with Crippen molar-refractivity contribution < 1.29 is 9.53 Å². The number of aromatic nitrogens is 6. The van der Waals surface area contributed by atoms with Crippen LogP contribution in [0.3, 0.4) is 0 Å². The molecule has 5 heterocycles. The summed E-state index contributed by atoms with van der Waals surface area (Å²) in [6.07, 6.45) is 5.19. The molecule has 0 bridgehead atoms. The number of nitrogens with zero attached hydrogens (tertiary/aromatic N) is 8. The number of rotatable bonds is 2. The molecule has 1 aliphatic rings. The molecule has 5 rings (SSSR count). The lowest BCUT2D eigenvalue weighted by atomic mass is 10.2. The number of ether oxygens (including phenoxy) is 1. The summed E-state index contributed by atoms with van der Waals surface area (Å²) in [5.41, 5.74) is 2.13. The van der Waals surface area contributed by atoms with Gasteiger partial charge < -0.3 is 9.64 Å². The third kappa shape index (κ3) is 3.57. The molecule has 0 spiro atoms. The van der Waals surface area contributed by atoms with Gasteiger partial charge in [-0.1, -0.05) is 0 Å². The molecule has 0 aromatic carbocycles. The molecule has 0 aliphatic carbocycles. The predicted octanol–water partition coefficient (Wildman–Crippen LogP) is 2.50. The van der Waals surface area contributed by atoms with Crippen molar-refractivity contribution in [1.82, 2.24) is 33.6 Å². The Labute approximate surface area is 194 Å². The Morgan fingerprint density at radius 3 is 2.79 bits per heavy atom. The molecule has 11 nitrogen and oxygen atoms in total. The predicted molar refractivity (Wildman–Crippen MR) is 123 cm³/mol. The minimum absolute atomic E-state index is 0.218. The summed E-state index contributed by atoms with van der Waals surface area (Å²) < 4.78 is 10.3. The fourth-order valence-electron chi connectivity index (χ4n) is 4.26. The van der Waals surface area contributed by atoms with Gasteiger partial charge in [0, 0.05) is 26.3 Å². The van der Waals surface area contributed by atoms with E-state index in [1.165, 1.54) is 4.57 Å². The van der Waals surface area contributed by atoms with Crippen molar-refractivity contribution in [2.75, 3.05) is 13.1 Å². The topological polar surface area (TPSA) is 123 Å². The van der Waals surface area contributed by atoms with Crippen LogP contribution in [0.2, 0.25) is 0 Å². The fourth-order valence-corrected chi connectivity index (χ4v) is 4.26. The third-order valence-corrected chi connectivity index (χ3v) is 5.90. The van der Waals surface area contributed by atoms with E-state index in [-0.39, 0.29) is 11.7 Å². The van der Waals surface area contributed by atoms with Gasteiger partial charge in [0.2, 0.25) is 0 Å². The van der Waals surface area contributed by atoms with Gasteiger partial charge in [-0.25, -0.2) is 24.1 Å². The van der Waals surface area contributed by atoms with E-state index >= 15 is 0 Å². The van der Waals surface area contributed by atoms with E-state index in [1.54, 1.807) is 51.8 Å². The molecule has 34 heavy (non-hydrogen) atoms. The van der Waals surface area contributed by atoms with Crippen molar-refractivity contribution >= 4 is 22.8 Å². The highest BCUT2D eigenvalue weighted by Crippen LogP contribution is 2.28. The molecule has 1 amide bonds. The van der Waals surface area contributed by atoms with Crippen LogP contribution in [0.4, 0.5) is 4.79 Å². The first-order valence-corrected chi connectivity index (χ1v) is 11.0. The van der Waals surface area contributed by atoms with Crippen LogP contribution < -0.4 is 5.69 Å². The summed E-state index contributed by atoms with van der Waals surface area (Å²) in [5.74, 6) is 0.402. The summed E-state index contributed by atoms with van der Waals surface area (Å²) in [5, 5.41) is 13.6. The average Bonchev–Trinajstić information content (AvgIpc) is 3.49. The Morgan fingerprint density at radius 2 is 2.06 bits per heavy atom. The van der Waals surface area contributed by atoms with Gasteiger partial charge in [-0.3, -0.25) is 9.13 Å². The number of carbonyl (C=O) groups is 1. The zero-order valence-corrected chi connectivity index (χ0v) is 19.4. The Morgan fingerprint density at radius 1 is 1.26 bits per heavy atom. The number of imidazole rings is 1. The zero-order chi connectivity index (χ0) is 24.2. The van der Waals surface area contributed by atoms with Crippen molar-refractivity contribution in [3.8, 4) is 17.5 Å². The fraction of sp³-hybridized carbons (Fsp3) is 0.391. The zero-order valence-electron chi connectivity index (χ0n) is 19.4. The van der Waals surface area contributed by atoms with E-state index in [0.717, 1.165) is 0 Å². The van der Waals surface area contributed by atoms with Gasteiger partial charge in [0.1, 0.15) is 11.1 Å². The molecule has 174 valence electrons. The van der Waals surface area contributed by atoms with Crippen molar-refractivity contribution in [1.29, 1.82) is 5.26 Å². The van der Waals surface area contributed by atoms with E-state index in [0.29, 0.717) is 53.1 Å². The number of fused-ring (bicyclic) bond motifs is 2. The van der Waals surface area contributed by atoms with Gasteiger partial charge in [-0.2, -0.15) is 10.4 Å². The van der Waals surface area contributed by atoms with Gasteiger partial charge in [0.05, 0.1) is 41.1 Å². The van der Waals surface area contributed by atoms with Crippen LogP contribution in [0, 0.1) is 11.3 Å². The molecule has 4 aromatic heterocycles. The molecule has 0 saturated carbocycles. The quantitative estimate of drug-likeness (QED) is 0.450. The minimum Gasteiger partial charge on any atom is -0.444 e. The summed E-state index contributed by atoms with van der Waals surface area (Å²) in [6, 6.07) is 5.30. The first-order chi connectivity index (χ1) is 16.2. The first kappa shape index (κ1) is 21.6. The third-order valence-electron chi connectivity index (χ3n) is 5.90. The number of amides is 1. The maximum atomic E-state index is 13.1. The van der Waals surface area contributed by atoms with E-state index in [4.69, 9.17) is 9.72 Å². The minimum atomic E-state index is -0.590. The molecule has 1 unspecified atom stereocenters. The Bertz CT molecular complexity index is 1530. The van der Waals surface area contributed by atoms with Gasteiger partial charge in [0.25, 0.3) is 0 Å². The second-order valence-corrected chi connectivity index (χ2v) is 9.40. The largest absolute Gasteiger partial charge is 0.444 e. The lowest BCUT2D eigenvalue weighted by Gasteiger charge is -2.24. The van der Waals surface area contributed by atoms with Gasteiger partial charge >= 0.3 is 11.8 Å². The summed E-state index contributed by atoms with van der Waals surface area (Å²) in [6.45, 7) is 6.32. The van der Waals surface area contributed by atoms with E-state index in [1.807, 2.05) is 20.8 Å². The van der Waals surface area contributed by atoms with E-state index in [9.17, 15) is 14.9 Å². The first-order valence-electron chi connectivity index (χ1n) is 11.0. The second kappa shape index (κ2) is 7.69. The summed E-state index contributed by atoms with van der Waals surface area (Å²) in [7, 11) is 1.68. The summed E-state index contributed by atoms with van der Waals surface area (Å²) in [4.78, 5) is 36.5. The molecular weight excluding hydrogens is 436 g/mol. The average molecular weight is 460 g/mol. The number of nitriles is 1. The maximum Gasteiger partial charge on any atom is 0.410 e. The van der Waals surface area contributed by atoms with E-state index in [2.05, 4.69) is 16.2 Å². The molecule has 11 heteroatoms. The molecule has 0 N–H and O–H groups in total. The smallest absolute Gasteiger partial charge is 0.410 e.